The standard InChI is InChI=1S/C13H22N2O2S/c1-4-17-12(16)6-5-11-9-18-13(15-11)14-8-7-10(2)3/h9-10H,4-8H2,1-3H3,(H,14,15). The molecule has 0 radical (unpaired) electrons. The van der Waals surface area contributed by atoms with Gasteiger partial charge in [-0.2, -0.15) is 0 Å². The normalized spacial score (nSPS) is 10.7. The van der Waals surface area contributed by atoms with Crippen LogP contribution >= 0.6 is 11.3 Å². The number of carbonyl (C=O) groups is 1. The Kier molecular flexibility index (Phi) is 6.72. The summed E-state index contributed by atoms with van der Waals surface area (Å²) in [5, 5.41) is 6.24. The molecule has 1 N–H and O–H groups in total. The quantitative estimate of drug-likeness (QED) is 0.737. The Bertz CT molecular complexity index is 364. The Labute approximate surface area is 113 Å². The van der Waals surface area contributed by atoms with Crippen LogP contribution in [0.3, 0.4) is 0 Å². The molecule has 0 aliphatic heterocycles. The molecule has 0 aliphatic carbocycles. The first kappa shape index (κ1) is 15.0. The molecule has 1 heterocycles. The van der Waals surface area contributed by atoms with Crippen molar-refractivity contribution in [3.63, 3.8) is 0 Å². The molecular weight excluding hydrogens is 248 g/mol. The maximum Gasteiger partial charge on any atom is 0.306 e. The summed E-state index contributed by atoms with van der Waals surface area (Å²) < 4.78 is 4.88. The van der Waals surface area contributed by atoms with E-state index in [2.05, 4.69) is 24.1 Å². The summed E-state index contributed by atoms with van der Waals surface area (Å²) in [5.74, 6) is 0.542. The van der Waals surface area contributed by atoms with Crippen molar-refractivity contribution in [3.8, 4) is 0 Å². The molecule has 0 atom stereocenters. The van der Waals surface area contributed by atoms with Crippen LogP contribution in [0.2, 0.25) is 0 Å². The van der Waals surface area contributed by atoms with Gasteiger partial charge in [0.25, 0.3) is 0 Å². The molecule has 0 saturated carbocycles. The largest absolute Gasteiger partial charge is 0.466 e. The predicted octanol–water partition coefficient (Wildman–Crippen LogP) is 3.10. The summed E-state index contributed by atoms with van der Waals surface area (Å²) in [6, 6.07) is 0. The summed E-state index contributed by atoms with van der Waals surface area (Å²) in [7, 11) is 0. The lowest BCUT2D eigenvalue weighted by Crippen LogP contribution is -2.06. The van der Waals surface area contributed by atoms with Gasteiger partial charge in [-0.1, -0.05) is 13.8 Å². The third kappa shape index (κ3) is 6.00. The number of nitrogens with one attached hydrogen (secondary N) is 1. The van der Waals surface area contributed by atoms with Crippen molar-refractivity contribution >= 4 is 22.4 Å². The van der Waals surface area contributed by atoms with E-state index >= 15 is 0 Å². The number of thiazole rings is 1. The Morgan fingerprint density at radius 2 is 2.33 bits per heavy atom. The summed E-state index contributed by atoms with van der Waals surface area (Å²) in [4.78, 5) is 15.6. The van der Waals surface area contributed by atoms with Gasteiger partial charge in [0.05, 0.1) is 18.7 Å². The van der Waals surface area contributed by atoms with E-state index in [0.29, 0.717) is 25.4 Å². The number of nitrogens with zero attached hydrogens (tertiary/aromatic N) is 1. The van der Waals surface area contributed by atoms with Gasteiger partial charge in [0.2, 0.25) is 0 Å². The first-order valence-corrected chi connectivity index (χ1v) is 7.33. The molecule has 0 aromatic carbocycles. The highest BCUT2D eigenvalue weighted by Gasteiger charge is 2.06. The maximum absolute atomic E-state index is 11.2. The molecule has 18 heavy (non-hydrogen) atoms. The van der Waals surface area contributed by atoms with Crippen LogP contribution in [-0.2, 0) is 16.0 Å². The van der Waals surface area contributed by atoms with Gasteiger partial charge in [0.15, 0.2) is 5.13 Å². The second kappa shape index (κ2) is 8.08. The number of rotatable bonds is 8. The monoisotopic (exact) mass is 270 g/mol. The number of aromatic nitrogens is 1. The number of hydrogen-bond acceptors (Lipinski definition) is 5. The molecule has 0 amide bonds. The summed E-state index contributed by atoms with van der Waals surface area (Å²) in [5.41, 5.74) is 0.958. The van der Waals surface area contributed by atoms with E-state index in [0.717, 1.165) is 23.8 Å². The zero-order valence-corrected chi connectivity index (χ0v) is 12.2. The van der Waals surface area contributed by atoms with E-state index in [1.807, 2.05) is 12.3 Å². The van der Waals surface area contributed by atoms with Gasteiger partial charge < -0.3 is 10.1 Å². The zero-order valence-electron chi connectivity index (χ0n) is 11.4. The lowest BCUT2D eigenvalue weighted by Gasteiger charge is -2.04. The third-order valence-electron chi connectivity index (χ3n) is 2.44. The predicted molar refractivity (Wildman–Crippen MR) is 75.0 cm³/mol. The van der Waals surface area contributed by atoms with Gasteiger partial charge in [-0.05, 0) is 19.3 Å². The Morgan fingerprint density at radius 3 is 3.00 bits per heavy atom. The highest BCUT2D eigenvalue weighted by atomic mass is 32.1. The SMILES string of the molecule is CCOC(=O)CCc1csc(NCCC(C)C)n1. The van der Waals surface area contributed by atoms with Crippen molar-refractivity contribution in [1.82, 2.24) is 4.98 Å². The number of anilines is 1. The van der Waals surface area contributed by atoms with Crippen molar-refractivity contribution in [1.29, 1.82) is 0 Å². The van der Waals surface area contributed by atoms with Crippen molar-refractivity contribution < 1.29 is 9.53 Å². The molecule has 4 nitrogen and oxygen atoms in total. The van der Waals surface area contributed by atoms with E-state index in [9.17, 15) is 4.79 Å². The van der Waals surface area contributed by atoms with Crippen LogP contribution in [0.1, 0.15) is 39.3 Å². The second-order valence-corrected chi connectivity index (χ2v) is 5.42. The van der Waals surface area contributed by atoms with E-state index in [4.69, 9.17) is 4.74 Å². The number of carbonyl (C=O) groups excluding carboxylic acids is 1. The van der Waals surface area contributed by atoms with Gasteiger partial charge >= 0.3 is 5.97 Å². The van der Waals surface area contributed by atoms with Gasteiger partial charge in [0.1, 0.15) is 0 Å². The first-order valence-electron chi connectivity index (χ1n) is 6.45. The van der Waals surface area contributed by atoms with E-state index in [1.54, 1.807) is 11.3 Å². The van der Waals surface area contributed by atoms with Crippen LogP contribution in [0.5, 0.6) is 0 Å². The van der Waals surface area contributed by atoms with E-state index in [-0.39, 0.29) is 5.97 Å². The smallest absolute Gasteiger partial charge is 0.306 e. The fourth-order valence-corrected chi connectivity index (χ4v) is 2.21. The number of aryl methyl sites for hydroxylation is 1. The Balaban J connectivity index is 2.27. The molecule has 0 aliphatic rings. The lowest BCUT2D eigenvalue weighted by atomic mass is 10.1. The topological polar surface area (TPSA) is 51.2 Å². The maximum atomic E-state index is 11.2. The average molecular weight is 270 g/mol. The molecule has 1 aromatic heterocycles. The molecule has 1 aromatic rings. The minimum atomic E-state index is -0.153. The summed E-state index contributed by atoms with van der Waals surface area (Å²) in [6.45, 7) is 7.61. The van der Waals surface area contributed by atoms with E-state index in [1.165, 1.54) is 0 Å². The third-order valence-corrected chi connectivity index (χ3v) is 3.29. The highest BCUT2D eigenvalue weighted by molar-refractivity contribution is 7.13. The molecule has 0 fully saturated rings. The van der Waals surface area contributed by atoms with Gasteiger partial charge in [-0.15, -0.1) is 11.3 Å². The van der Waals surface area contributed by atoms with Crippen molar-refractivity contribution in [2.24, 2.45) is 5.92 Å². The summed E-state index contributed by atoms with van der Waals surface area (Å²) >= 11 is 1.59. The second-order valence-electron chi connectivity index (χ2n) is 4.56. The minimum absolute atomic E-state index is 0.153. The zero-order chi connectivity index (χ0) is 13.4. The Morgan fingerprint density at radius 1 is 1.56 bits per heavy atom. The molecule has 5 heteroatoms. The first-order chi connectivity index (χ1) is 8.61. The average Bonchev–Trinajstić information content (AvgIpc) is 2.74. The van der Waals surface area contributed by atoms with Gasteiger partial charge in [0, 0.05) is 18.3 Å². The number of ether oxygens (including phenoxy) is 1. The molecule has 0 unspecified atom stereocenters. The van der Waals surface area contributed by atoms with Crippen molar-refractivity contribution in [3.05, 3.63) is 11.1 Å². The minimum Gasteiger partial charge on any atom is -0.466 e. The van der Waals surface area contributed by atoms with Crippen LogP contribution in [0.4, 0.5) is 5.13 Å². The van der Waals surface area contributed by atoms with Crippen LogP contribution in [0.25, 0.3) is 0 Å². The number of esters is 1. The molecule has 0 bridgehead atoms. The molecular formula is C13H22N2O2S. The van der Waals surface area contributed by atoms with Crippen LogP contribution in [0.15, 0.2) is 5.38 Å². The lowest BCUT2D eigenvalue weighted by molar-refractivity contribution is -0.143. The molecule has 0 spiro atoms. The number of hydrogen-bond donors (Lipinski definition) is 1. The highest BCUT2D eigenvalue weighted by Crippen LogP contribution is 2.17. The molecule has 102 valence electrons. The molecule has 0 saturated heterocycles. The summed E-state index contributed by atoms with van der Waals surface area (Å²) in [6.07, 6.45) is 2.20. The van der Waals surface area contributed by atoms with Crippen LogP contribution in [0, 0.1) is 5.92 Å². The molecule has 1 rings (SSSR count). The van der Waals surface area contributed by atoms with Crippen LogP contribution in [-0.4, -0.2) is 24.1 Å². The van der Waals surface area contributed by atoms with E-state index < -0.39 is 0 Å². The fraction of sp³-hybridized carbons (Fsp3) is 0.692. The Hall–Kier alpha value is -1.10. The fourth-order valence-electron chi connectivity index (χ4n) is 1.43. The van der Waals surface area contributed by atoms with Crippen molar-refractivity contribution in [2.75, 3.05) is 18.5 Å². The van der Waals surface area contributed by atoms with Gasteiger partial charge in [-0.3, -0.25) is 4.79 Å². The van der Waals surface area contributed by atoms with Crippen molar-refractivity contribution in [2.45, 2.75) is 40.0 Å². The van der Waals surface area contributed by atoms with Gasteiger partial charge in [-0.25, -0.2) is 4.98 Å². The van der Waals surface area contributed by atoms with Crippen LogP contribution < -0.4 is 5.32 Å².